The predicted octanol–water partition coefficient (Wildman–Crippen LogP) is 1.13. The topological polar surface area (TPSA) is 92.2 Å². The number of nitrogens with one attached hydrogen (secondary N) is 1. The van der Waals surface area contributed by atoms with Crippen LogP contribution in [-0.4, -0.2) is 29.5 Å². The quantitative estimate of drug-likeness (QED) is 0.825. The highest BCUT2D eigenvalue weighted by molar-refractivity contribution is 7.93. The minimum atomic E-state index is -4.08. The molecule has 2 aromatic rings. The van der Waals surface area contributed by atoms with E-state index < -0.39 is 20.7 Å². The third kappa shape index (κ3) is 3.75. The van der Waals surface area contributed by atoms with Crippen molar-refractivity contribution in [2.45, 2.75) is 11.8 Å². The van der Waals surface area contributed by atoms with Crippen LogP contribution in [0.2, 0.25) is 0 Å². The number of rotatable bonds is 3. The molecule has 0 unspecified atom stereocenters. The van der Waals surface area contributed by atoms with E-state index in [1.807, 2.05) is 0 Å². The molecular formula is C12H10FN3O3S2. The molecule has 0 bridgehead atoms. The summed E-state index contributed by atoms with van der Waals surface area (Å²) >= 11 is 0.867. The van der Waals surface area contributed by atoms with E-state index in [2.05, 4.69) is 25.9 Å². The van der Waals surface area contributed by atoms with E-state index in [9.17, 15) is 12.8 Å². The van der Waals surface area contributed by atoms with Crippen molar-refractivity contribution in [3.05, 3.63) is 35.4 Å². The second-order valence-electron chi connectivity index (χ2n) is 3.86. The van der Waals surface area contributed by atoms with Crippen LogP contribution >= 0.6 is 11.5 Å². The summed E-state index contributed by atoms with van der Waals surface area (Å²) in [5.41, 5.74) is 0.271. The van der Waals surface area contributed by atoms with Crippen LogP contribution in [0.1, 0.15) is 11.4 Å². The number of hydrogen-bond acceptors (Lipinski definition) is 6. The highest BCUT2D eigenvalue weighted by Crippen LogP contribution is 2.20. The van der Waals surface area contributed by atoms with E-state index in [4.69, 9.17) is 5.11 Å². The van der Waals surface area contributed by atoms with Crippen molar-refractivity contribution >= 4 is 26.7 Å². The predicted molar refractivity (Wildman–Crippen MR) is 75.8 cm³/mol. The van der Waals surface area contributed by atoms with Crippen molar-refractivity contribution in [2.24, 2.45) is 0 Å². The first kappa shape index (κ1) is 15.4. The van der Waals surface area contributed by atoms with Gasteiger partial charge < -0.3 is 5.11 Å². The molecule has 2 N–H and O–H groups in total. The summed E-state index contributed by atoms with van der Waals surface area (Å²) in [6, 6.07) is 3.45. The molecule has 0 saturated heterocycles. The lowest BCUT2D eigenvalue weighted by molar-refractivity contribution is 0.350. The number of aliphatic hydroxyl groups excluding tert-OH is 1. The van der Waals surface area contributed by atoms with Gasteiger partial charge in [-0.2, -0.15) is 4.37 Å². The molecule has 9 heteroatoms. The zero-order chi connectivity index (χ0) is 15.5. The molecule has 1 heterocycles. The molecule has 2 rings (SSSR count). The fourth-order valence-corrected chi connectivity index (χ4v) is 3.31. The summed E-state index contributed by atoms with van der Waals surface area (Å²) in [6.45, 7) is 1.25. The zero-order valence-electron chi connectivity index (χ0n) is 10.8. The Morgan fingerprint density at radius 1 is 1.48 bits per heavy atom. The Kier molecular flexibility index (Phi) is 4.52. The van der Waals surface area contributed by atoms with E-state index in [1.54, 1.807) is 6.92 Å². The molecule has 110 valence electrons. The normalized spacial score (nSPS) is 10.8. The average Bonchev–Trinajstić information content (AvgIpc) is 2.80. The fraction of sp³-hybridized carbons (Fsp3) is 0.167. The van der Waals surface area contributed by atoms with E-state index in [1.165, 1.54) is 6.07 Å². The molecule has 0 saturated carbocycles. The molecule has 0 aliphatic rings. The Balaban J connectivity index is 2.32. The summed E-state index contributed by atoms with van der Waals surface area (Å²) < 4.78 is 44.0. The first-order chi connectivity index (χ1) is 9.92. The number of benzene rings is 1. The fourth-order valence-electron chi connectivity index (χ4n) is 1.45. The van der Waals surface area contributed by atoms with E-state index in [0.717, 1.165) is 23.7 Å². The number of sulfonamides is 1. The van der Waals surface area contributed by atoms with Crippen LogP contribution in [0.5, 0.6) is 0 Å². The lowest BCUT2D eigenvalue weighted by Gasteiger charge is -2.06. The maximum atomic E-state index is 13.9. The van der Waals surface area contributed by atoms with Crippen LogP contribution in [0.15, 0.2) is 23.1 Å². The molecule has 6 nitrogen and oxygen atoms in total. The van der Waals surface area contributed by atoms with Crippen LogP contribution in [0, 0.1) is 24.6 Å². The van der Waals surface area contributed by atoms with Crippen LogP contribution in [0.4, 0.5) is 9.52 Å². The number of aliphatic hydroxyl groups is 1. The summed E-state index contributed by atoms with van der Waals surface area (Å²) in [4.78, 5) is 3.34. The van der Waals surface area contributed by atoms with Gasteiger partial charge in [-0.05, 0) is 25.1 Å². The van der Waals surface area contributed by atoms with Crippen LogP contribution < -0.4 is 4.72 Å². The lowest BCUT2D eigenvalue weighted by Crippen LogP contribution is -2.14. The SMILES string of the molecule is Cc1nsc(NS(=O)(=O)c2ccc(C#CCO)cc2F)n1. The Morgan fingerprint density at radius 3 is 2.81 bits per heavy atom. The average molecular weight is 327 g/mol. The second kappa shape index (κ2) is 6.17. The number of aryl methyl sites for hydroxylation is 1. The van der Waals surface area contributed by atoms with E-state index in [0.29, 0.717) is 5.82 Å². The molecule has 1 aromatic heterocycles. The Labute approximate surface area is 124 Å². The monoisotopic (exact) mass is 327 g/mol. The van der Waals surface area contributed by atoms with Gasteiger partial charge in [-0.1, -0.05) is 11.8 Å². The molecule has 0 atom stereocenters. The minimum Gasteiger partial charge on any atom is -0.384 e. The number of aromatic nitrogens is 2. The molecule has 0 spiro atoms. The van der Waals surface area contributed by atoms with Crippen molar-refractivity contribution in [1.29, 1.82) is 0 Å². The standard InChI is InChI=1S/C12H10FN3O3S2/c1-8-14-12(20-15-8)16-21(18,19)11-5-4-9(3-2-6-17)7-10(11)13/h4-5,7,17H,6H2,1H3,(H,14,15,16). The van der Waals surface area contributed by atoms with Crippen LogP contribution in [-0.2, 0) is 10.0 Å². The van der Waals surface area contributed by atoms with Gasteiger partial charge in [0, 0.05) is 17.1 Å². The van der Waals surface area contributed by atoms with Gasteiger partial charge >= 0.3 is 0 Å². The first-order valence-corrected chi connectivity index (χ1v) is 7.90. The van der Waals surface area contributed by atoms with Crippen molar-refractivity contribution in [3.8, 4) is 11.8 Å². The third-order valence-electron chi connectivity index (χ3n) is 2.28. The second-order valence-corrected chi connectivity index (χ2v) is 6.26. The molecule has 0 aliphatic heterocycles. The molecule has 0 radical (unpaired) electrons. The van der Waals surface area contributed by atoms with Crippen molar-refractivity contribution < 1.29 is 17.9 Å². The Bertz CT molecular complexity index is 822. The van der Waals surface area contributed by atoms with E-state index in [-0.39, 0.29) is 17.3 Å². The highest BCUT2D eigenvalue weighted by atomic mass is 32.2. The smallest absolute Gasteiger partial charge is 0.266 e. The van der Waals surface area contributed by atoms with Gasteiger partial charge in [-0.15, -0.1) is 0 Å². The summed E-state index contributed by atoms with van der Waals surface area (Å²) in [5.74, 6) is 4.33. The molecule has 0 amide bonds. The molecule has 1 aromatic carbocycles. The molecule has 0 fully saturated rings. The van der Waals surface area contributed by atoms with Gasteiger partial charge in [-0.3, -0.25) is 4.72 Å². The molecular weight excluding hydrogens is 317 g/mol. The van der Waals surface area contributed by atoms with Crippen molar-refractivity contribution in [3.63, 3.8) is 0 Å². The molecule has 21 heavy (non-hydrogen) atoms. The minimum absolute atomic E-state index is 0.0658. The maximum Gasteiger partial charge on any atom is 0.266 e. The Hall–Kier alpha value is -2.02. The lowest BCUT2D eigenvalue weighted by atomic mass is 10.2. The Morgan fingerprint density at radius 2 is 2.24 bits per heavy atom. The van der Waals surface area contributed by atoms with Gasteiger partial charge in [0.25, 0.3) is 10.0 Å². The van der Waals surface area contributed by atoms with Gasteiger partial charge in [0.15, 0.2) is 0 Å². The summed E-state index contributed by atoms with van der Waals surface area (Å²) in [7, 11) is -4.08. The zero-order valence-corrected chi connectivity index (χ0v) is 12.4. The van der Waals surface area contributed by atoms with Crippen LogP contribution in [0.25, 0.3) is 0 Å². The number of nitrogens with zero attached hydrogens (tertiary/aromatic N) is 2. The largest absolute Gasteiger partial charge is 0.384 e. The number of hydrogen-bond donors (Lipinski definition) is 2. The van der Waals surface area contributed by atoms with Gasteiger partial charge in [0.1, 0.15) is 23.1 Å². The van der Waals surface area contributed by atoms with Gasteiger partial charge in [-0.25, -0.2) is 17.8 Å². The van der Waals surface area contributed by atoms with E-state index >= 15 is 0 Å². The number of anilines is 1. The first-order valence-electron chi connectivity index (χ1n) is 5.65. The third-order valence-corrected chi connectivity index (χ3v) is 4.51. The van der Waals surface area contributed by atoms with Crippen molar-refractivity contribution in [1.82, 2.24) is 9.36 Å². The summed E-state index contributed by atoms with van der Waals surface area (Å²) in [5, 5.41) is 8.63. The van der Waals surface area contributed by atoms with Gasteiger partial charge in [0.2, 0.25) is 5.13 Å². The maximum absolute atomic E-state index is 13.9. The van der Waals surface area contributed by atoms with Crippen LogP contribution in [0.3, 0.4) is 0 Å². The highest BCUT2D eigenvalue weighted by Gasteiger charge is 2.20. The molecule has 0 aliphatic carbocycles. The van der Waals surface area contributed by atoms with Gasteiger partial charge in [0.05, 0.1) is 0 Å². The van der Waals surface area contributed by atoms with Crippen molar-refractivity contribution in [2.75, 3.05) is 11.3 Å². The summed E-state index contributed by atoms with van der Waals surface area (Å²) in [6.07, 6.45) is 0. The number of halogens is 1.